The molecule has 0 bridgehead atoms. The fraction of sp³-hybridized carbons (Fsp3) is 0.333. The van der Waals surface area contributed by atoms with Gasteiger partial charge in [-0.15, -0.1) is 0 Å². The van der Waals surface area contributed by atoms with Gasteiger partial charge in [0.1, 0.15) is 24.7 Å². The van der Waals surface area contributed by atoms with Gasteiger partial charge in [-0.1, -0.05) is 0 Å². The van der Waals surface area contributed by atoms with Gasteiger partial charge in [-0.2, -0.15) is 0 Å². The van der Waals surface area contributed by atoms with Crippen molar-refractivity contribution in [1.29, 1.82) is 0 Å². The molecule has 0 spiro atoms. The van der Waals surface area contributed by atoms with E-state index >= 15 is 0 Å². The number of esters is 1. The Hall–Kier alpha value is -2.89. The van der Waals surface area contributed by atoms with Crippen molar-refractivity contribution in [3.05, 3.63) is 59.7 Å². The number of fused-ring (bicyclic) bond motifs is 1. The van der Waals surface area contributed by atoms with Crippen molar-refractivity contribution in [3.8, 4) is 5.75 Å². The van der Waals surface area contributed by atoms with Crippen molar-refractivity contribution in [1.82, 2.24) is 4.57 Å². The zero-order chi connectivity index (χ0) is 19.4. The van der Waals surface area contributed by atoms with Gasteiger partial charge in [0.05, 0.1) is 18.7 Å². The smallest absolute Gasteiger partial charge is 0.338 e. The first-order chi connectivity index (χ1) is 13.0. The van der Waals surface area contributed by atoms with Crippen LogP contribution < -0.4 is 9.30 Å². The maximum Gasteiger partial charge on any atom is 0.338 e. The Labute approximate surface area is 157 Å². The van der Waals surface area contributed by atoms with Gasteiger partial charge in [0.2, 0.25) is 0 Å². The number of aryl methyl sites for hydroxylation is 1. The van der Waals surface area contributed by atoms with Crippen LogP contribution in [0.3, 0.4) is 0 Å². The highest BCUT2D eigenvalue weighted by atomic mass is 19.1. The third-order valence-corrected chi connectivity index (χ3v) is 4.56. The molecule has 3 aromatic rings. The summed E-state index contributed by atoms with van der Waals surface area (Å²) < 4.78 is 28.2. The van der Waals surface area contributed by atoms with Crippen LogP contribution in [-0.4, -0.2) is 23.8 Å². The monoisotopic (exact) mass is 371 g/mol. The highest BCUT2D eigenvalue weighted by Gasteiger charge is 2.22. The topological polar surface area (TPSA) is 44.3 Å². The fourth-order valence-electron chi connectivity index (χ4n) is 3.27. The number of aromatic nitrogens is 2. The van der Waals surface area contributed by atoms with E-state index in [1.165, 1.54) is 12.1 Å². The Balaban J connectivity index is 1.87. The Morgan fingerprint density at radius 3 is 2.56 bits per heavy atom. The summed E-state index contributed by atoms with van der Waals surface area (Å²) in [6.07, 6.45) is 0. The molecule has 142 valence electrons. The molecule has 0 aliphatic rings. The molecule has 27 heavy (non-hydrogen) atoms. The number of nitrogens with zero attached hydrogens (tertiary/aromatic N) is 2. The van der Waals surface area contributed by atoms with Gasteiger partial charge >= 0.3 is 5.97 Å². The molecule has 0 saturated carbocycles. The van der Waals surface area contributed by atoms with Crippen LogP contribution in [0.25, 0.3) is 11.0 Å². The lowest BCUT2D eigenvalue weighted by Crippen LogP contribution is -2.35. The van der Waals surface area contributed by atoms with Crippen molar-refractivity contribution in [2.24, 2.45) is 0 Å². The van der Waals surface area contributed by atoms with Gasteiger partial charge in [0, 0.05) is 13.0 Å². The zero-order valence-corrected chi connectivity index (χ0v) is 15.9. The predicted octanol–water partition coefficient (Wildman–Crippen LogP) is 3.65. The third kappa shape index (κ3) is 3.94. The van der Waals surface area contributed by atoms with Crippen LogP contribution in [0.15, 0.2) is 42.5 Å². The van der Waals surface area contributed by atoms with Crippen molar-refractivity contribution in [3.63, 3.8) is 0 Å². The minimum atomic E-state index is -0.324. The van der Waals surface area contributed by atoms with Crippen LogP contribution in [0.4, 0.5) is 4.39 Å². The molecular formula is C21H24FN2O3+. The second kappa shape index (κ2) is 8.20. The van der Waals surface area contributed by atoms with E-state index in [1.807, 2.05) is 19.1 Å². The van der Waals surface area contributed by atoms with E-state index in [2.05, 4.69) is 16.1 Å². The normalized spacial score (nSPS) is 11.0. The number of carbonyl (C=O) groups excluding carboxylic acids is 1. The van der Waals surface area contributed by atoms with Gasteiger partial charge in [-0.05, 0) is 50.2 Å². The molecule has 0 radical (unpaired) electrons. The average molecular weight is 371 g/mol. The zero-order valence-electron chi connectivity index (χ0n) is 15.9. The quantitative estimate of drug-likeness (QED) is 0.470. The standard InChI is InChI=1S/C21H24FN2O3/c1-4-23-15(3)24(12-13-27-18-9-7-17(22)8-10-18)20-14-16(6-11-19(20)23)21(25)26-5-2/h6-11,14H,4-5,12-13H2,1-3H3/q+1. The lowest BCUT2D eigenvalue weighted by Gasteiger charge is -2.06. The summed E-state index contributed by atoms with van der Waals surface area (Å²) in [4.78, 5) is 12.1. The molecule has 2 aromatic carbocycles. The number of hydrogen-bond donors (Lipinski definition) is 0. The largest absolute Gasteiger partial charge is 0.489 e. The van der Waals surface area contributed by atoms with Crippen molar-refractivity contribution >= 4 is 17.0 Å². The molecule has 5 nitrogen and oxygen atoms in total. The van der Waals surface area contributed by atoms with E-state index in [-0.39, 0.29) is 11.8 Å². The summed E-state index contributed by atoms with van der Waals surface area (Å²) >= 11 is 0. The number of hydrogen-bond acceptors (Lipinski definition) is 3. The van der Waals surface area contributed by atoms with Gasteiger partial charge in [-0.3, -0.25) is 0 Å². The molecule has 0 fully saturated rings. The lowest BCUT2D eigenvalue weighted by atomic mass is 10.2. The van der Waals surface area contributed by atoms with E-state index in [4.69, 9.17) is 9.47 Å². The summed E-state index contributed by atoms with van der Waals surface area (Å²) in [6.45, 7) is 8.14. The second-order valence-electron chi connectivity index (χ2n) is 6.17. The number of ether oxygens (including phenoxy) is 2. The molecule has 1 aromatic heterocycles. The van der Waals surface area contributed by atoms with Crippen molar-refractivity contribution < 1.29 is 23.2 Å². The third-order valence-electron chi connectivity index (χ3n) is 4.56. The Bertz CT molecular complexity index is 948. The Morgan fingerprint density at radius 2 is 1.89 bits per heavy atom. The summed E-state index contributed by atoms with van der Waals surface area (Å²) in [7, 11) is 0. The minimum absolute atomic E-state index is 0.287. The number of rotatable bonds is 7. The molecule has 0 unspecified atom stereocenters. The minimum Gasteiger partial charge on any atom is -0.489 e. The van der Waals surface area contributed by atoms with Crippen molar-refractivity contribution in [2.45, 2.75) is 33.9 Å². The molecular weight excluding hydrogens is 347 g/mol. The number of imidazole rings is 1. The molecule has 0 aliphatic carbocycles. The van der Waals surface area contributed by atoms with Gasteiger partial charge < -0.3 is 9.47 Å². The van der Waals surface area contributed by atoms with Crippen LogP contribution in [0.5, 0.6) is 5.75 Å². The SMILES string of the molecule is CCOC(=O)c1ccc2c(c1)n(CCOc1ccc(F)cc1)c(C)[n+]2CC. The van der Waals surface area contributed by atoms with E-state index in [9.17, 15) is 9.18 Å². The highest BCUT2D eigenvalue weighted by Crippen LogP contribution is 2.18. The van der Waals surface area contributed by atoms with Crippen molar-refractivity contribution in [2.75, 3.05) is 13.2 Å². The summed E-state index contributed by atoms with van der Waals surface area (Å²) in [5.74, 6) is 1.10. The maximum absolute atomic E-state index is 13.0. The van der Waals surface area contributed by atoms with Gasteiger partial charge in [-0.25, -0.2) is 18.3 Å². The molecule has 3 rings (SSSR count). The van der Waals surface area contributed by atoms with Crippen LogP contribution >= 0.6 is 0 Å². The molecule has 0 atom stereocenters. The first-order valence-electron chi connectivity index (χ1n) is 9.13. The number of carbonyl (C=O) groups is 1. The molecule has 6 heteroatoms. The Kier molecular flexibility index (Phi) is 5.74. The predicted molar refractivity (Wildman–Crippen MR) is 100 cm³/mol. The van der Waals surface area contributed by atoms with Crippen LogP contribution in [-0.2, 0) is 17.8 Å². The molecule has 1 heterocycles. The average Bonchev–Trinajstić information content (AvgIpc) is 2.94. The van der Waals surface area contributed by atoms with Crippen LogP contribution in [0.1, 0.15) is 30.0 Å². The molecule has 0 saturated heterocycles. The second-order valence-corrected chi connectivity index (χ2v) is 6.17. The first kappa shape index (κ1) is 18.9. The molecule has 0 aliphatic heterocycles. The van der Waals surface area contributed by atoms with E-state index in [0.717, 1.165) is 23.4 Å². The first-order valence-corrected chi connectivity index (χ1v) is 9.13. The summed E-state index contributed by atoms with van der Waals surface area (Å²) in [5.41, 5.74) is 2.55. The Morgan fingerprint density at radius 1 is 1.15 bits per heavy atom. The lowest BCUT2D eigenvalue weighted by molar-refractivity contribution is -0.675. The van der Waals surface area contributed by atoms with E-state index in [0.29, 0.717) is 31.1 Å². The maximum atomic E-state index is 13.0. The fourth-order valence-corrected chi connectivity index (χ4v) is 3.27. The van der Waals surface area contributed by atoms with E-state index < -0.39 is 0 Å². The van der Waals surface area contributed by atoms with Gasteiger partial charge in [0.15, 0.2) is 11.0 Å². The van der Waals surface area contributed by atoms with E-state index in [1.54, 1.807) is 25.1 Å². The van der Waals surface area contributed by atoms with Crippen LogP contribution in [0, 0.1) is 12.7 Å². The summed E-state index contributed by atoms with van der Waals surface area (Å²) in [6, 6.07) is 11.6. The number of halogens is 1. The summed E-state index contributed by atoms with van der Waals surface area (Å²) in [5, 5.41) is 0. The highest BCUT2D eigenvalue weighted by molar-refractivity contribution is 5.93. The molecule has 0 amide bonds. The number of benzene rings is 2. The molecule has 0 N–H and O–H groups in total. The van der Waals surface area contributed by atoms with Crippen LogP contribution in [0.2, 0.25) is 0 Å². The van der Waals surface area contributed by atoms with Gasteiger partial charge in [0.25, 0.3) is 5.82 Å².